The van der Waals surface area contributed by atoms with Gasteiger partial charge in [0.2, 0.25) is 0 Å². The van der Waals surface area contributed by atoms with E-state index in [1.165, 1.54) is 18.0 Å². The summed E-state index contributed by atoms with van der Waals surface area (Å²) in [6.07, 6.45) is 1.23. The molecule has 0 fully saturated rings. The van der Waals surface area contributed by atoms with Crippen LogP contribution >= 0.6 is 11.6 Å². The standard InChI is InChI=1S/C6H10ClN3O3S/c1-13-3-2-10-6(14(8,11)12)5(7)4-9-10/h4H,2-3H2,1H3,(H2,8,11,12). The Morgan fingerprint density at radius 3 is 2.86 bits per heavy atom. The molecule has 1 heterocycles. The second-order valence-corrected chi connectivity index (χ2v) is 4.44. The molecule has 0 aliphatic carbocycles. The monoisotopic (exact) mass is 239 g/mol. The molecule has 0 bridgehead atoms. The predicted octanol–water partition coefficient (Wildman–Crippen LogP) is -0.170. The number of aromatic nitrogens is 2. The zero-order valence-electron chi connectivity index (χ0n) is 7.47. The topological polar surface area (TPSA) is 87.2 Å². The Labute approximate surface area is 86.7 Å². The predicted molar refractivity (Wildman–Crippen MR) is 50.5 cm³/mol. The normalized spacial score (nSPS) is 11.9. The van der Waals surface area contributed by atoms with Crippen LogP contribution in [0.25, 0.3) is 0 Å². The van der Waals surface area contributed by atoms with E-state index in [2.05, 4.69) is 5.10 Å². The van der Waals surface area contributed by atoms with Crippen molar-refractivity contribution in [3.05, 3.63) is 11.2 Å². The molecule has 80 valence electrons. The average molecular weight is 240 g/mol. The third-order valence-corrected chi connectivity index (χ3v) is 2.88. The molecule has 0 atom stereocenters. The average Bonchev–Trinajstić information content (AvgIpc) is 2.42. The molecule has 0 unspecified atom stereocenters. The SMILES string of the molecule is COCCn1ncc(Cl)c1S(N)(=O)=O. The lowest BCUT2D eigenvalue weighted by Crippen LogP contribution is -2.19. The number of ether oxygens (including phenoxy) is 1. The summed E-state index contributed by atoms with van der Waals surface area (Å²) in [6.45, 7) is 0.621. The molecule has 1 aromatic rings. The van der Waals surface area contributed by atoms with Crippen molar-refractivity contribution in [2.75, 3.05) is 13.7 Å². The molecule has 1 aromatic heterocycles. The summed E-state index contributed by atoms with van der Waals surface area (Å²) in [4.78, 5) is 0. The van der Waals surface area contributed by atoms with Crippen LogP contribution in [0.3, 0.4) is 0 Å². The van der Waals surface area contributed by atoms with E-state index >= 15 is 0 Å². The fourth-order valence-corrected chi connectivity index (χ4v) is 2.19. The number of rotatable bonds is 4. The van der Waals surface area contributed by atoms with E-state index in [0.717, 1.165) is 0 Å². The maximum Gasteiger partial charge on any atom is 0.256 e. The smallest absolute Gasteiger partial charge is 0.256 e. The Balaban J connectivity index is 3.07. The first-order chi connectivity index (χ1) is 6.46. The van der Waals surface area contributed by atoms with Gasteiger partial charge in [-0.25, -0.2) is 18.2 Å². The molecule has 0 aliphatic heterocycles. The molecule has 14 heavy (non-hydrogen) atoms. The van der Waals surface area contributed by atoms with E-state index in [1.807, 2.05) is 0 Å². The maximum absolute atomic E-state index is 11.1. The summed E-state index contributed by atoms with van der Waals surface area (Å²) in [7, 11) is -2.34. The van der Waals surface area contributed by atoms with Gasteiger partial charge in [-0.2, -0.15) is 5.10 Å². The molecule has 6 nitrogen and oxygen atoms in total. The minimum atomic E-state index is -3.84. The number of hydrogen-bond donors (Lipinski definition) is 1. The summed E-state index contributed by atoms with van der Waals surface area (Å²) < 4.78 is 28.2. The van der Waals surface area contributed by atoms with Gasteiger partial charge in [-0.3, -0.25) is 0 Å². The largest absolute Gasteiger partial charge is 0.383 e. The van der Waals surface area contributed by atoms with E-state index in [-0.39, 0.29) is 16.6 Å². The summed E-state index contributed by atoms with van der Waals surface area (Å²) in [6, 6.07) is 0. The molecule has 8 heteroatoms. The maximum atomic E-state index is 11.1. The Kier molecular flexibility index (Phi) is 3.48. The third-order valence-electron chi connectivity index (χ3n) is 1.53. The van der Waals surface area contributed by atoms with Crippen molar-refractivity contribution in [2.45, 2.75) is 11.6 Å². The van der Waals surface area contributed by atoms with Crippen LogP contribution in [0.4, 0.5) is 0 Å². The molecule has 0 spiro atoms. The molecule has 2 N–H and O–H groups in total. The number of primary sulfonamides is 1. The number of nitrogens with two attached hydrogens (primary N) is 1. The van der Waals surface area contributed by atoms with Crippen molar-refractivity contribution < 1.29 is 13.2 Å². The molecule has 0 aromatic carbocycles. The highest BCUT2D eigenvalue weighted by Crippen LogP contribution is 2.18. The highest BCUT2D eigenvalue weighted by Gasteiger charge is 2.19. The Bertz CT molecular complexity index is 414. The second kappa shape index (κ2) is 4.26. The van der Waals surface area contributed by atoms with Crippen molar-refractivity contribution in [3.63, 3.8) is 0 Å². The Hall–Kier alpha value is -0.630. The van der Waals surface area contributed by atoms with E-state index in [9.17, 15) is 8.42 Å². The zero-order chi connectivity index (χ0) is 10.8. The van der Waals surface area contributed by atoms with Crippen LogP contribution in [0.5, 0.6) is 0 Å². The van der Waals surface area contributed by atoms with Gasteiger partial charge < -0.3 is 4.74 Å². The van der Waals surface area contributed by atoms with Crippen molar-refractivity contribution in [2.24, 2.45) is 5.14 Å². The fraction of sp³-hybridized carbons (Fsp3) is 0.500. The van der Waals surface area contributed by atoms with Crippen molar-refractivity contribution in [1.29, 1.82) is 0 Å². The van der Waals surface area contributed by atoms with Crippen LogP contribution in [0.1, 0.15) is 0 Å². The van der Waals surface area contributed by atoms with Gasteiger partial charge in [-0.1, -0.05) is 11.6 Å². The lowest BCUT2D eigenvalue weighted by atomic mass is 10.7. The van der Waals surface area contributed by atoms with Crippen LogP contribution in [0.15, 0.2) is 11.2 Å². The first-order valence-corrected chi connectivity index (χ1v) is 5.62. The summed E-state index contributed by atoms with van der Waals surface area (Å²) in [5.41, 5.74) is 0. The number of halogens is 1. The lowest BCUT2D eigenvalue weighted by Gasteiger charge is -2.04. The Morgan fingerprint density at radius 1 is 1.71 bits per heavy atom. The quantitative estimate of drug-likeness (QED) is 0.790. The molecule has 0 amide bonds. The lowest BCUT2D eigenvalue weighted by molar-refractivity contribution is 0.180. The summed E-state index contributed by atoms with van der Waals surface area (Å²) in [5, 5.41) is 8.56. The van der Waals surface area contributed by atoms with Crippen molar-refractivity contribution in [3.8, 4) is 0 Å². The molecule has 0 saturated carbocycles. The minimum Gasteiger partial charge on any atom is -0.383 e. The molecule has 0 aliphatic rings. The number of hydrogen-bond acceptors (Lipinski definition) is 4. The number of sulfonamides is 1. The van der Waals surface area contributed by atoms with E-state index in [0.29, 0.717) is 6.61 Å². The number of nitrogens with zero attached hydrogens (tertiary/aromatic N) is 2. The van der Waals surface area contributed by atoms with Crippen LogP contribution in [0, 0.1) is 0 Å². The Morgan fingerprint density at radius 2 is 2.36 bits per heavy atom. The zero-order valence-corrected chi connectivity index (χ0v) is 9.05. The van der Waals surface area contributed by atoms with Gasteiger partial charge in [0.15, 0.2) is 5.03 Å². The van der Waals surface area contributed by atoms with E-state index < -0.39 is 10.0 Å². The van der Waals surface area contributed by atoms with Gasteiger partial charge in [-0.05, 0) is 0 Å². The molecular weight excluding hydrogens is 230 g/mol. The van der Waals surface area contributed by atoms with E-state index in [1.54, 1.807) is 0 Å². The first kappa shape index (κ1) is 11.4. The van der Waals surface area contributed by atoms with Crippen molar-refractivity contribution >= 4 is 21.6 Å². The van der Waals surface area contributed by atoms with Crippen LogP contribution in [-0.4, -0.2) is 31.9 Å². The molecule has 0 radical (unpaired) electrons. The van der Waals surface area contributed by atoms with Crippen LogP contribution < -0.4 is 5.14 Å². The minimum absolute atomic E-state index is 0.0172. The molecular formula is C6H10ClN3O3S. The van der Waals surface area contributed by atoms with Crippen LogP contribution in [-0.2, 0) is 21.3 Å². The van der Waals surface area contributed by atoms with Gasteiger partial charge in [0.1, 0.15) is 0 Å². The van der Waals surface area contributed by atoms with Crippen LogP contribution in [0.2, 0.25) is 5.02 Å². The highest BCUT2D eigenvalue weighted by molar-refractivity contribution is 7.89. The van der Waals surface area contributed by atoms with Gasteiger partial charge in [-0.15, -0.1) is 0 Å². The third kappa shape index (κ3) is 2.44. The van der Waals surface area contributed by atoms with Gasteiger partial charge in [0.05, 0.1) is 24.4 Å². The van der Waals surface area contributed by atoms with Crippen molar-refractivity contribution in [1.82, 2.24) is 9.78 Å². The summed E-state index contributed by atoms with van der Waals surface area (Å²) in [5.74, 6) is 0. The van der Waals surface area contributed by atoms with E-state index in [4.69, 9.17) is 21.5 Å². The van der Waals surface area contributed by atoms with Gasteiger partial charge in [0, 0.05) is 7.11 Å². The number of methoxy groups -OCH3 is 1. The van der Waals surface area contributed by atoms with Gasteiger partial charge in [0.25, 0.3) is 10.0 Å². The first-order valence-electron chi connectivity index (χ1n) is 3.70. The fourth-order valence-electron chi connectivity index (χ4n) is 0.971. The second-order valence-electron chi connectivity index (χ2n) is 2.56. The highest BCUT2D eigenvalue weighted by atomic mass is 35.5. The summed E-state index contributed by atoms with van der Waals surface area (Å²) >= 11 is 5.63. The molecule has 1 rings (SSSR count). The molecule has 0 saturated heterocycles. The van der Waals surface area contributed by atoms with Gasteiger partial charge >= 0.3 is 0 Å².